The molecular weight excluding hydrogens is 509 g/mol. The molecule has 0 aliphatic heterocycles. The molecule has 0 saturated heterocycles. The Morgan fingerprint density at radius 3 is 1.41 bits per heavy atom. The first-order valence-electron chi connectivity index (χ1n) is 10.6. The lowest BCUT2D eigenvalue weighted by Crippen LogP contribution is -2.53. The molecule has 0 aliphatic carbocycles. The Kier molecular flexibility index (Phi) is 16.8. The zero-order chi connectivity index (χ0) is 22.3. The van der Waals surface area contributed by atoms with Gasteiger partial charge in [0, 0.05) is 10.8 Å². The second-order valence-electron chi connectivity index (χ2n) is 5.90. The van der Waals surface area contributed by atoms with Gasteiger partial charge in [0.05, 0.1) is 0 Å². The molecular formula is C13H40O8Si8. The molecule has 0 saturated carbocycles. The van der Waals surface area contributed by atoms with Crippen LogP contribution in [0, 0.1) is 0 Å². The van der Waals surface area contributed by atoms with Crippen LogP contribution in [0.1, 0.15) is 26.7 Å². The van der Waals surface area contributed by atoms with E-state index in [4.69, 9.17) is 29.1 Å². The topological polar surface area (TPSA) is 81.7 Å². The predicted molar refractivity (Wildman–Crippen MR) is 138 cm³/mol. The van der Waals surface area contributed by atoms with Crippen LogP contribution in [-0.2, 0) is 33.9 Å². The summed E-state index contributed by atoms with van der Waals surface area (Å²) in [4.78, 5) is 13.2. The summed E-state index contributed by atoms with van der Waals surface area (Å²) in [6.07, 6.45) is 1.55. The molecule has 0 radical (unpaired) electrons. The van der Waals surface area contributed by atoms with Gasteiger partial charge in [-0.1, -0.05) is 52.6 Å². The molecule has 0 spiro atoms. The van der Waals surface area contributed by atoms with E-state index in [0.717, 1.165) is 11.6 Å². The Balaban J connectivity index is 6.16. The van der Waals surface area contributed by atoms with Crippen molar-refractivity contribution in [1.82, 2.24) is 0 Å². The molecule has 0 aliphatic rings. The van der Waals surface area contributed by atoms with Gasteiger partial charge < -0.3 is 29.1 Å². The molecule has 29 heavy (non-hydrogen) atoms. The molecule has 0 N–H and O–H groups in total. The van der Waals surface area contributed by atoms with Crippen molar-refractivity contribution < 1.29 is 33.9 Å². The average molecular weight is 549 g/mol. The fourth-order valence-electron chi connectivity index (χ4n) is 2.83. The Morgan fingerprint density at radius 1 is 0.724 bits per heavy atom. The van der Waals surface area contributed by atoms with Crippen molar-refractivity contribution in [1.29, 1.82) is 0 Å². The lowest BCUT2D eigenvalue weighted by Gasteiger charge is -2.34. The molecule has 0 aromatic carbocycles. The quantitative estimate of drug-likeness (QED) is 0.160. The highest BCUT2D eigenvalue weighted by Gasteiger charge is 2.49. The van der Waals surface area contributed by atoms with E-state index in [1.165, 1.54) is 0 Å². The second kappa shape index (κ2) is 16.4. The van der Waals surface area contributed by atoms with E-state index >= 15 is 0 Å². The Morgan fingerprint density at radius 2 is 1.10 bits per heavy atom. The van der Waals surface area contributed by atoms with Gasteiger partial charge in [-0.05, 0) is 13.3 Å². The van der Waals surface area contributed by atoms with Crippen molar-refractivity contribution in [3.05, 3.63) is 10.8 Å². The van der Waals surface area contributed by atoms with E-state index < -0.39 is 82.4 Å². The van der Waals surface area contributed by atoms with Gasteiger partial charge in [0.2, 0.25) is 0 Å². The molecule has 16 heteroatoms. The van der Waals surface area contributed by atoms with Crippen LogP contribution in [0.25, 0.3) is 0 Å². The average Bonchev–Trinajstić information content (AvgIpc) is 2.66. The van der Waals surface area contributed by atoms with Crippen molar-refractivity contribution >= 4 is 82.4 Å². The van der Waals surface area contributed by atoms with Gasteiger partial charge in [0.25, 0.3) is 0 Å². The first-order valence-corrected chi connectivity index (χ1v) is 25.9. The maximum atomic E-state index is 13.2. The number of hydrogen-bond acceptors (Lipinski definition) is 8. The minimum atomic E-state index is -3.38. The van der Waals surface area contributed by atoms with Crippen molar-refractivity contribution in [2.24, 2.45) is 0 Å². The second-order valence-corrected chi connectivity index (χ2v) is 19.2. The van der Waals surface area contributed by atoms with E-state index in [1.54, 1.807) is 6.92 Å². The van der Waals surface area contributed by atoms with E-state index in [2.05, 4.69) is 26.6 Å². The van der Waals surface area contributed by atoms with Crippen molar-refractivity contribution in [2.75, 3.05) is 0 Å². The molecule has 0 unspecified atom stereocenters. The third-order valence-corrected chi connectivity index (χ3v) is 21.3. The van der Waals surface area contributed by atoms with E-state index in [0.29, 0.717) is 12.0 Å². The third-order valence-electron chi connectivity index (χ3n) is 3.81. The van der Waals surface area contributed by atoms with Gasteiger partial charge in [0.1, 0.15) is 29.3 Å². The van der Waals surface area contributed by atoms with Crippen molar-refractivity contribution in [2.45, 2.75) is 66.0 Å². The van der Waals surface area contributed by atoms with Gasteiger partial charge in [-0.3, -0.25) is 0 Å². The summed E-state index contributed by atoms with van der Waals surface area (Å²) in [6.45, 7) is 16.0. The summed E-state index contributed by atoms with van der Waals surface area (Å²) in [5, 5.41) is 0.863. The first-order chi connectivity index (χ1) is 13.9. The zero-order valence-electron chi connectivity index (χ0n) is 19.4. The fraction of sp³-hybridized carbons (Fsp3) is 0.769. The smallest absolute Gasteiger partial charge is 0.450 e. The predicted octanol–water partition coefficient (Wildman–Crippen LogP) is -1.55. The van der Waals surface area contributed by atoms with Gasteiger partial charge >= 0.3 is 23.8 Å². The molecule has 172 valence electrons. The van der Waals surface area contributed by atoms with Crippen LogP contribution < -0.4 is 0 Å². The largest absolute Gasteiger partial charge is 0.718 e. The number of allylic oxidation sites excluding steroid dienone is 1. The third kappa shape index (κ3) is 9.38. The van der Waals surface area contributed by atoms with E-state index in [1.807, 2.05) is 19.6 Å². The first kappa shape index (κ1) is 29.7. The summed E-state index contributed by atoms with van der Waals surface area (Å²) in [5.74, 6) is -0.451. The molecule has 0 fully saturated rings. The summed E-state index contributed by atoms with van der Waals surface area (Å²) in [5.41, 5.74) is 0.506. The summed E-state index contributed by atoms with van der Waals surface area (Å²) in [7, 11) is -11.4. The van der Waals surface area contributed by atoms with Crippen LogP contribution in [0.3, 0.4) is 0 Å². The Labute approximate surface area is 192 Å². The van der Waals surface area contributed by atoms with Gasteiger partial charge in [-0.25, -0.2) is 4.79 Å². The maximum absolute atomic E-state index is 13.2. The molecule has 0 aromatic rings. The fourth-order valence-corrected chi connectivity index (χ4v) is 22.4. The number of carbonyl (C=O) groups is 1. The lowest BCUT2D eigenvalue weighted by atomic mass is 10.2. The van der Waals surface area contributed by atoms with E-state index in [-0.39, 0.29) is 0 Å². The summed E-state index contributed by atoms with van der Waals surface area (Å²) >= 11 is 0. The molecule has 0 aromatic heterocycles. The molecule has 0 bridgehead atoms. The molecule has 0 heterocycles. The van der Waals surface area contributed by atoms with Gasteiger partial charge in [-0.15, -0.1) is 0 Å². The van der Waals surface area contributed by atoms with E-state index in [9.17, 15) is 4.79 Å². The number of carbonyl (C=O) groups excluding carboxylic acids is 1. The van der Waals surface area contributed by atoms with Crippen LogP contribution in [-0.4, -0.2) is 82.4 Å². The Hall–Kier alpha value is 0.705. The highest BCUT2D eigenvalue weighted by atomic mass is 28.5. The van der Waals surface area contributed by atoms with Crippen LogP contribution >= 0.6 is 0 Å². The van der Waals surface area contributed by atoms with Crippen LogP contribution in [0.4, 0.5) is 0 Å². The van der Waals surface area contributed by atoms with Gasteiger partial charge in [-0.2, -0.15) is 0 Å². The standard InChI is InChI=1S/C13H40O8Si8/c1-9-10-12(28(16-22-3,17-23-4)18-24-5)11(2)13(14)15-29(19-25-6,20-26-7)21-27-8/h9-10,22-27H2,1-8H3. The molecule has 0 atom stereocenters. The molecule has 8 nitrogen and oxygen atoms in total. The van der Waals surface area contributed by atoms with Crippen LogP contribution in [0.2, 0.25) is 39.3 Å². The minimum absolute atomic E-state index is 0.451. The van der Waals surface area contributed by atoms with Crippen LogP contribution in [0.15, 0.2) is 10.8 Å². The SMILES string of the molecule is CCCC(=C(C)C(=O)O[Si](O[SiH2]C)(O[SiH2]C)O[SiH2]C)[Si](O[SiH2]C)(O[SiH2]C)O[SiH2]C. The monoisotopic (exact) mass is 548 g/mol. The lowest BCUT2D eigenvalue weighted by molar-refractivity contribution is -0.135. The Bertz CT molecular complexity index is 475. The normalized spacial score (nSPS) is 19.2. The van der Waals surface area contributed by atoms with Gasteiger partial charge in [0.15, 0.2) is 29.3 Å². The van der Waals surface area contributed by atoms with Crippen molar-refractivity contribution in [3.63, 3.8) is 0 Å². The summed E-state index contributed by atoms with van der Waals surface area (Å²) in [6, 6.07) is 0. The summed E-state index contributed by atoms with van der Waals surface area (Å²) < 4.78 is 42.2. The highest BCUT2D eigenvalue weighted by molar-refractivity contribution is 6.79. The number of rotatable bonds is 17. The highest BCUT2D eigenvalue weighted by Crippen LogP contribution is 2.28. The minimum Gasteiger partial charge on any atom is -0.450 e. The van der Waals surface area contributed by atoms with Crippen LogP contribution in [0.5, 0.6) is 0 Å². The molecule has 0 amide bonds. The molecule has 0 rings (SSSR count). The maximum Gasteiger partial charge on any atom is 0.718 e. The number of hydrogen-bond donors (Lipinski definition) is 0. The zero-order valence-corrected chi connectivity index (χ0v) is 29.9. The van der Waals surface area contributed by atoms with Crippen molar-refractivity contribution in [3.8, 4) is 0 Å².